The van der Waals surface area contributed by atoms with Crippen molar-refractivity contribution in [2.24, 2.45) is 0 Å². The van der Waals surface area contributed by atoms with E-state index >= 15 is 0 Å². The molecule has 8 heteroatoms. The second kappa shape index (κ2) is 6.70. The number of likely N-dealkylation sites (tertiary alicyclic amines) is 1. The highest BCUT2D eigenvalue weighted by molar-refractivity contribution is 5.97. The molecule has 8 nitrogen and oxygen atoms in total. The Balaban J connectivity index is 1.41. The summed E-state index contributed by atoms with van der Waals surface area (Å²) in [6, 6.07) is 11.5. The van der Waals surface area contributed by atoms with Crippen molar-refractivity contribution in [2.75, 3.05) is 13.1 Å². The lowest BCUT2D eigenvalue weighted by Gasteiger charge is -2.32. The van der Waals surface area contributed by atoms with E-state index in [9.17, 15) is 4.79 Å². The second-order valence-electron chi connectivity index (χ2n) is 7.19. The predicted molar refractivity (Wildman–Crippen MR) is 104 cm³/mol. The molecule has 4 aromatic rings. The lowest BCUT2D eigenvalue weighted by molar-refractivity contribution is 0.0704. The van der Waals surface area contributed by atoms with Gasteiger partial charge in [0, 0.05) is 37.3 Å². The molecule has 0 aliphatic carbocycles. The smallest absolute Gasteiger partial charge is 0.253 e. The van der Waals surface area contributed by atoms with E-state index in [1.807, 2.05) is 63.5 Å². The van der Waals surface area contributed by atoms with E-state index in [0.717, 1.165) is 48.4 Å². The van der Waals surface area contributed by atoms with Crippen molar-refractivity contribution in [3.63, 3.8) is 0 Å². The number of amides is 1. The number of rotatable bonds is 3. The average Bonchev–Trinajstić information content (AvgIpc) is 3.36. The Morgan fingerprint density at radius 2 is 2.11 bits per heavy atom. The van der Waals surface area contributed by atoms with Crippen molar-refractivity contribution >= 4 is 22.6 Å². The summed E-state index contributed by atoms with van der Waals surface area (Å²) >= 11 is 0. The zero-order valence-corrected chi connectivity index (χ0v) is 15.7. The van der Waals surface area contributed by atoms with E-state index in [1.54, 1.807) is 0 Å². The first-order valence-corrected chi connectivity index (χ1v) is 9.67. The van der Waals surface area contributed by atoms with E-state index in [4.69, 9.17) is 0 Å². The molecule has 5 rings (SSSR count). The van der Waals surface area contributed by atoms with E-state index in [2.05, 4.69) is 20.5 Å². The number of piperidine rings is 1. The maximum absolute atomic E-state index is 13.1. The molecule has 0 saturated carbocycles. The molecule has 3 aromatic heterocycles. The molecule has 0 spiro atoms. The Hall–Kier alpha value is -3.29. The van der Waals surface area contributed by atoms with E-state index < -0.39 is 0 Å². The van der Waals surface area contributed by atoms with Crippen LogP contribution in [0.1, 0.15) is 41.9 Å². The molecule has 1 aromatic carbocycles. The van der Waals surface area contributed by atoms with Crippen molar-refractivity contribution in [3.05, 3.63) is 54.0 Å². The summed E-state index contributed by atoms with van der Waals surface area (Å²) in [7, 11) is 0. The van der Waals surface area contributed by atoms with Gasteiger partial charge in [0.25, 0.3) is 5.91 Å². The van der Waals surface area contributed by atoms with Gasteiger partial charge in [-0.3, -0.25) is 9.20 Å². The quantitative estimate of drug-likeness (QED) is 0.550. The van der Waals surface area contributed by atoms with Gasteiger partial charge in [0.2, 0.25) is 0 Å². The molecule has 1 aliphatic rings. The minimum absolute atomic E-state index is 0.0338. The Bertz CT molecular complexity index is 1160. The van der Waals surface area contributed by atoms with Gasteiger partial charge in [-0.2, -0.15) is 0 Å². The van der Waals surface area contributed by atoms with Crippen LogP contribution in [0.5, 0.6) is 0 Å². The maximum atomic E-state index is 13.1. The third kappa shape index (κ3) is 2.72. The fourth-order valence-electron chi connectivity index (χ4n) is 4.03. The number of fused-ring (bicyclic) bond motifs is 2. The monoisotopic (exact) mass is 375 g/mol. The number of benzene rings is 1. The summed E-state index contributed by atoms with van der Waals surface area (Å²) in [6.07, 6.45) is 3.94. The first-order valence-electron chi connectivity index (χ1n) is 9.67. The summed E-state index contributed by atoms with van der Waals surface area (Å²) in [6.45, 7) is 4.18. The molecule has 1 atom stereocenters. The van der Waals surface area contributed by atoms with Gasteiger partial charge < -0.3 is 4.90 Å². The minimum Gasteiger partial charge on any atom is -0.338 e. The van der Waals surface area contributed by atoms with Crippen molar-refractivity contribution in [3.8, 4) is 0 Å². The third-order valence-electron chi connectivity index (χ3n) is 5.47. The SMILES string of the molecule is CCn1nnc2cc(C(=O)N3CCC[C@H](c4nnc5ccccn45)C3)ccc21. The van der Waals surface area contributed by atoms with E-state index in [-0.39, 0.29) is 11.8 Å². The number of pyridine rings is 1. The first kappa shape index (κ1) is 16.9. The van der Waals surface area contributed by atoms with Gasteiger partial charge in [-0.05, 0) is 50.1 Å². The molecule has 28 heavy (non-hydrogen) atoms. The molecular weight excluding hydrogens is 354 g/mol. The summed E-state index contributed by atoms with van der Waals surface area (Å²) < 4.78 is 3.85. The van der Waals surface area contributed by atoms with Crippen LogP contribution in [-0.2, 0) is 6.54 Å². The van der Waals surface area contributed by atoms with Gasteiger partial charge >= 0.3 is 0 Å². The number of aryl methyl sites for hydroxylation is 1. The zero-order valence-electron chi connectivity index (χ0n) is 15.7. The van der Waals surface area contributed by atoms with Gasteiger partial charge in [-0.25, -0.2) is 4.68 Å². The van der Waals surface area contributed by atoms with Crippen molar-refractivity contribution < 1.29 is 4.79 Å². The number of carbonyl (C=O) groups is 1. The molecule has 1 amide bonds. The molecule has 0 unspecified atom stereocenters. The standard InChI is InChI=1S/C20H21N7O/c1-2-27-17-9-8-14(12-16(17)21-24-27)20(28)25-10-5-6-15(13-25)19-23-22-18-7-3-4-11-26(18)19/h3-4,7-9,11-12,15H,2,5-6,10,13H2,1H3/t15-/m0/s1. The number of nitrogens with zero attached hydrogens (tertiary/aromatic N) is 7. The van der Waals surface area contributed by atoms with Crippen LogP contribution in [-0.4, -0.2) is 53.5 Å². The third-order valence-corrected chi connectivity index (χ3v) is 5.47. The van der Waals surface area contributed by atoms with Crippen molar-refractivity contribution in [1.82, 2.24) is 34.5 Å². The zero-order chi connectivity index (χ0) is 19.1. The second-order valence-corrected chi connectivity index (χ2v) is 7.19. The van der Waals surface area contributed by atoms with Crippen LogP contribution in [0.4, 0.5) is 0 Å². The number of carbonyl (C=O) groups excluding carboxylic acids is 1. The molecule has 4 heterocycles. The van der Waals surface area contributed by atoms with Gasteiger partial charge in [0.05, 0.1) is 5.52 Å². The van der Waals surface area contributed by atoms with Gasteiger partial charge in [0.1, 0.15) is 11.3 Å². The largest absolute Gasteiger partial charge is 0.338 e. The molecule has 1 saturated heterocycles. The minimum atomic E-state index is 0.0338. The highest BCUT2D eigenvalue weighted by atomic mass is 16.2. The molecule has 0 N–H and O–H groups in total. The molecular formula is C20H21N7O. The molecule has 1 fully saturated rings. The fourth-order valence-corrected chi connectivity index (χ4v) is 4.03. The number of hydrogen-bond donors (Lipinski definition) is 0. The van der Waals surface area contributed by atoms with Gasteiger partial charge in [-0.1, -0.05) is 11.3 Å². The lowest BCUT2D eigenvalue weighted by Crippen LogP contribution is -2.39. The van der Waals surface area contributed by atoms with Crippen LogP contribution in [0.15, 0.2) is 42.6 Å². The van der Waals surface area contributed by atoms with Crippen LogP contribution < -0.4 is 0 Å². The summed E-state index contributed by atoms with van der Waals surface area (Å²) in [5.74, 6) is 1.14. The number of hydrogen-bond acceptors (Lipinski definition) is 5. The van der Waals surface area contributed by atoms with Crippen LogP contribution in [0.25, 0.3) is 16.7 Å². The average molecular weight is 375 g/mol. The molecule has 1 aliphatic heterocycles. The van der Waals surface area contributed by atoms with Crippen molar-refractivity contribution in [1.29, 1.82) is 0 Å². The maximum Gasteiger partial charge on any atom is 0.253 e. The summed E-state index contributed by atoms with van der Waals surface area (Å²) in [5.41, 5.74) is 3.20. The molecule has 142 valence electrons. The highest BCUT2D eigenvalue weighted by Crippen LogP contribution is 2.27. The Labute approximate surface area is 161 Å². The Morgan fingerprint density at radius 1 is 1.18 bits per heavy atom. The summed E-state index contributed by atoms with van der Waals surface area (Å²) in [4.78, 5) is 15.0. The lowest BCUT2D eigenvalue weighted by atomic mass is 9.96. The summed E-state index contributed by atoms with van der Waals surface area (Å²) in [5, 5.41) is 17.0. The van der Waals surface area contributed by atoms with Crippen LogP contribution >= 0.6 is 0 Å². The Morgan fingerprint density at radius 3 is 3.00 bits per heavy atom. The van der Waals surface area contributed by atoms with Gasteiger partial charge in [0.15, 0.2) is 5.65 Å². The van der Waals surface area contributed by atoms with Crippen molar-refractivity contribution in [2.45, 2.75) is 32.2 Å². The molecule has 0 radical (unpaired) electrons. The van der Waals surface area contributed by atoms with Gasteiger partial charge in [-0.15, -0.1) is 15.3 Å². The van der Waals surface area contributed by atoms with Crippen LogP contribution in [0.3, 0.4) is 0 Å². The number of aromatic nitrogens is 6. The topological polar surface area (TPSA) is 81.2 Å². The van der Waals surface area contributed by atoms with E-state index in [1.165, 1.54) is 0 Å². The van der Waals surface area contributed by atoms with Crippen LogP contribution in [0.2, 0.25) is 0 Å². The highest BCUT2D eigenvalue weighted by Gasteiger charge is 2.28. The molecule has 0 bridgehead atoms. The van der Waals surface area contributed by atoms with E-state index in [0.29, 0.717) is 12.1 Å². The predicted octanol–water partition coefficient (Wildman–Crippen LogP) is 2.51. The Kier molecular flexibility index (Phi) is 4.03. The first-order chi connectivity index (χ1) is 13.7. The fraction of sp³-hybridized carbons (Fsp3) is 0.350. The normalized spacial score (nSPS) is 17.5. The van der Waals surface area contributed by atoms with Crippen LogP contribution in [0, 0.1) is 0 Å².